The summed E-state index contributed by atoms with van der Waals surface area (Å²) >= 11 is 0. The Hall–Kier alpha value is -1.42. The minimum absolute atomic E-state index is 0.0603. The summed E-state index contributed by atoms with van der Waals surface area (Å²) < 4.78 is 0. The largest absolute Gasteiger partial charge is 0.481 e. The van der Waals surface area contributed by atoms with Crippen LogP contribution in [0.4, 0.5) is 0 Å². The van der Waals surface area contributed by atoms with Gasteiger partial charge in [0.1, 0.15) is 0 Å². The second-order valence-corrected chi connectivity index (χ2v) is 10.6. The molecule has 5 aliphatic rings. The highest BCUT2D eigenvalue weighted by atomic mass is 16.4. The van der Waals surface area contributed by atoms with Crippen LogP contribution in [0, 0.1) is 46.8 Å². The molecule has 0 heterocycles. The van der Waals surface area contributed by atoms with E-state index in [1.807, 2.05) is 6.08 Å². The molecule has 5 aliphatic carbocycles. The maximum Gasteiger partial charge on any atom is 0.303 e. The smallest absolute Gasteiger partial charge is 0.303 e. The van der Waals surface area contributed by atoms with Gasteiger partial charge >= 0.3 is 5.97 Å². The zero-order valence-corrected chi connectivity index (χ0v) is 17.5. The molecule has 0 aromatic heterocycles. The third-order valence-electron chi connectivity index (χ3n) is 9.91. The van der Waals surface area contributed by atoms with Gasteiger partial charge in [0.05, 0.1) is 5.60 Å². The second-order valence-electron chi connectivity index (χ2n) is 10.6. The molecular weight excluding hydrogens is 364 g/mol. The van der Waals surface area contributed by atoms with E-state index in [0.29, 0.717) is 48.3 Å². The van der Waals surface area contributed by atoms with Gasteiger partial charge in [0.15, 0.2) is 5.78 Å². The highest BCUT2D eigenvalue weighted by molar-refractivity contribution is 5.91. The summed E-state index contributed by atoms with van der Waals surface area (Å²) in [6.07, 6.45) is 11.2. The molecule has 9 atom stereocenters. The molecule has 4 nitrogen and oxygen atoms in total. The summed E-state index contributed by atoms with van der Waals surface area (Å²) in [5.74, 6) is 2.76. The Morgan fingerprint density at radius 2 is 2.14 bits per heavy atom. The summed E-state index contributed by atoms with van der Waals surface area (Å²) in [4.78, 5) is 23.4. The van der Waals surface area contributed by atoms with E-state index < -0.39 is 11.6 Å². The van der Waals surface area contributed by atoms with Gasteiger partial charge in [-0.2, -0.15) is 0 Å². The molecule has 4 fully saturated rings. The van der Waals surface area contributed by atoms with Crippen LogP contribution in [0.3, 0.4) is 0 Å². The first-order valence-electron chi connectivity index (χ1n) is 11.7. The van der Waals surface area contributed by atoms with E-state index in [1.54, 1.807) is 0 Å². The molecule has 0 radical (unpaired) electrons. The number of hydrogen-bond acceptors (Lipinski definition) is 3. The zero-order valence-electron chi connectivity index (χ0n) is 17.5. The number of carboxylic acids is 1. The van der Waals surface area contributed by atoms with Gasteiger partial charge < -0.3 is 10.2 Å². The summed E-state index contributed by atoms with van der Waals surface area (Å²) in [7, 11) is 0. The number of fused-ring (bicyclic) bond motifs is 7. The van der Waals surface area contributed by atoms with Gasteiger partial charge in [-0.1, -0.05) is 18.6 Å². The molecule has 0 unspecified atom stereocenters. The van der Waals surface area contributed by atoms with Crippen molar-refractivity contribution < 1.29 is 19.8 Å². The van der Waals surface area contributed by atoms with Crippen molar-refractivity contribution in [1.29, 1.82) is 0 Å². The van der Waals surface area contributed by atoms with E-state index in [-0.39, 0.29) is 23.5 Å². The number of hydrogen-bond donors (Lipinski definition) is 2. The van der Waals surface area contributed by atoms with Gasteiger partial charge in [-0.15, -0.1) is 6.58 Å². The Morgan fingerprint density at radius 1 is 1.34 bits per heavy atom. The monoisotopic (exact) mass is 398 g/mol. The van der Waals surface area contributed by atoms with Crippen molar-refractivity contribution in [1.82, 2.24) is 0 Å². The fraction of sp³-hybridized carbons (Fsp3) is 0.760. The molecule has 0 aliphatic heterocycles. The SMILES string of the molecule is C=C[C@H]1CC2=CC(=O)CC[C@@H]2[C@H]2CC[C@@]3(CC)[C@@H]([C@H]4C[C@H]4[C@@]3(O)CCC(=O)O)[C@@H]21. The van der Waals surface area contributed by atoms with E-state index in [1.165, 1.54) is 5.57 Å². The number of ketones is 1. The lowest BCUT2D eigenvalue weighted by molar-refractivity contribution is -0.165. The molecule has 0 bridgehead atoms. The van der Waals surface area contributed by atoms with Crippen molar-refractivity contribution in [2.45, 2.75) is 70.3 Å². The Bertz CT molecular complexity index is 784. The van der Waals surface area contributed by atoms with Crippen molar-refractivity contribution in [2.24, 2.45) is 46.8 Å². The number of allylic oxidation sites excluding steroid dienone is 2. The molecular formula is C25H34O4. The standard InChI is InChI=1S/C25H34O4/c1-3-14-11-15-12-16(26)5-6-17(15)18-7-9-24(4-2)23(22(14)18)19-13-20(19)25(24,29)10-8-21(27)28/h3,12,14,17-20,22-23,29H,1,4-11,13H2,2H3,(H,27,28)/t14-,17-,18+,19-,20+,22+,23-,24-,25-/m0/s1. The van der Waals surface area contributed by atoms with Crippen LogP contribution in [-0.2, 0) is 9.59 Å². The molecule has 0 amide bonds. The molecule has 0 saturated heterocycles. The number of rotatable bonds is 5. The highest BCUT2D eigenvalue weighted by Crippen LogP contribution is 2.78. The lowest BCUT2D eigenvalue weighted by Gasteiger charge is -2.60. The number of aliphatic hydroxyl groups is 1. The second kappa shape index (κ2) is 6.54. The minimum atomic E-state index is -0.829. The van der Waals surface area contributed by atoms with E-state index >= 15 is 0 Å². The van der Waals surface area contributed by atoms with Crippen LogP contribution in [0.1, 0.15) is 64.7 Å². The average Bonchev–Trinajstić information content (AvgIpc) is 3.47. The zero-order chi connectivity index (χ0) is 20.6. The normalized spacial score (nSPS) is 49.9. The first-order chi connectivity index (χ1) is 13.9. The minimum Gasteiger partial charge on any atom is -0.481 e. The summed E-state index contributed by atoms with van der Waals surface area (Å²) in [6, 6.07) is 0. The first kappa shape index (κ1) is 19.5. The predicted octanol–water partition coefficient (Wildman–Crippen LogP) is 4.38. The van der Waals surface area contributed by atoms with E-state index in [2.05, 4.69) is 19.6 Å². The molecule has 0 spiro atoms. The lowest BCUT2D eigenvalue weighted by atomic mass is 9.45. The first-order valence-corrected chi connectivity index (χ1v) is 11.7. The molecule has 158 valence electrons. The fourth-order valence-electron chi connectivity index (χ4n) is 8.87. The van der Waals surface area contributed by atoms with Gasteiger partial charge in [-0.25, -0.2) is 0 Å². The van der Waals surface area contributed by atoms with Crippen molar-refractivity contribution in [3.05, 3.63) is 24.3 Å². The van der Waals surface area contributed by atoms with Gasteiger partial charge in [0, 0.05) is 18.3 Å². The van der Waals surface area contributed by atoms with Crippen LogP contribution in [0.25, 0.3) is 0 Å². The van der Waals surface area contributed by atoms with Crippen LogP contribution in [0.5, 0.6) is 0 Å². The number of carbonyl (C=O) groups is 2. The quantitative estimate of drug-likeness (QED) is 0.674. The van der Waals surface area contributed by atoms with Gasteiger partial charge in [0.25, 0.3) is 0 Å². The van der Waals surface area contributed by atoms with Crippen molar-refractivity contribution in [2.75, 3.05) is 0 Å². The van der Waals surface area contributed by atoms with E-state index in [0.717, 1.165) is 38.5 Å². The Labute approximate surface area is 173 Å². The molecule has 29 heavy (non-hydrogen) atoms. The van der Waals surface area contributed by atoms with E-state index in [9.17, 15) is 19.8 Å². The van der Waals surface area contributed by atoms with Gasteiger partial charge in [-0.05, 0) is 92.4 Å². The predicted molar refractivity (Wildman–Crippen MR) is 110 cm³/mol. The Balaban J connectivity index is 1.53. The van der Waals surface area contributed by atoms with Crippen molar-refractivity contribution >= 4 is 11.8 Å². The Kier molecular flexibility index (Phi) is 4.40. The summed E-state index contributed by atoms with van der Waals surface area (Å²) in [6.45, 7) is 6.39. The summed E-state index contributed by atoms with van der Waals surface area (Å²) in [5, 5.41) is 21.3. The molecule has 2 N–H and O–H groups in total. The van der Waals surface area contributed by atoms with Crippen molar-refractivity contribution in [3.63, 3.8) is 0 Å². The Morgan fingerprint density at radius 3 is 2.83 bits per heavy atom. The van der Waals surface area contributed by atoms with Crippen LogP contribution in [0.2, 0.25) is 0 Å². The highest BCUT2D eigenvalue weighted by Gasteiger charge is 2.76. The lowest BCUT2D eigenvalue weighted by Crippen LogP contribution is -2.58. The maximum absolute atomic E-state index is 12.0. The number of carbonyl (C=O) groups excluding carboxylic acids is 1. The molecule has 0 aromatic carbocycles. The van der Waals surface area contributed by atoms with Crippen molar-refractivity contribution in [3.8, 4) is 0 Å². The summed E-state index contributed by atoms with van der Waals surface area (Å²) in [5.41, 5.74) is 0.373. The average molecular weight is 399 g/mol. The number of aliphatic carboxylic acids is 1. The van der Waals surface area contributed by atoms with Gasteiger partial charge in [0.2, 0.25) is 0 Å². The molecule has 0 aromatic rings. The topological polar surface area (TPSA) is 74.6 Å². The third kappa shape index (κ3) is 2.54. The molecule has 4 saturated carbocycles. The van der Waals surface area contributed by atoms with Crippen LogP contribution in [0.15, 0.2) is 24.3 Å². The molecule has 5 rings (SSSR count). The van der Waals surface area contributed by atoms with Crippen LogP contribution < -0.4 is 0 Å². The van der Waals surface area contributed by atoms with Crippen LogP contribution >= 0.6 is 0 Å². The fourth-order valence-corrected chi connectivity index (χ4v) is 8.87. The van der Waals surface area contributed by atoms with E-state index in [4.69, 9.17) is 0 Å². The number of carboxylic acid groups (broad SMARTS) is 1. The molecule has 4 heteroatoms. The van der Waals surface area contributed by atoms with Gasteiger partial charge in [-0.3, -0.25) is 9.59 Å². The third-order valence-corrected chi connectivity index (χ3v) is 9.91. The van der Waals surface area contributed by atoms with Crippen LogP contribution in [-0.4, -0.2) is 27.6 Å². The maximum atomic E-state index is 12.0.